The number of hydrogen-bond acceptors (Lipinski definition) is 3. The minimum atomic E-state index is -3.98. The van der Waals surface area contributed by atoms with Crippen LogP contribution >= 0.6 is 10.7 Å². The summed E-state index contributed by atoms with van der Waals surface area (Å²) < 4.78 is 48.5. The van der Waals surface area contributed by atoms with Crippen LogP contribution in [0.2, 0.25) is 0 Å². The molecule has 0 aromatic carbocycles. The molecular weight excluding hydrogens is 238 g/mol. The van der Waals surface area contributed by atoms with E-state index in [1.807, 2.05) is 0 Å². The van der Waals surface area contributed by atoms with Crippen LogP contribution in [0.15, 0.2) is 11.1 Å². The molecule has 2 heterocycles. The van der Waals surface area contributed by atoms with Gasteiger partial charge >= 0.3 is 0 Å². The Morgan fingerprint density at radius 2 is 2.21 bits per heavy atom. The van der Waals surface area contributed by atoms with E-state index < -0.39 is 27.9 Å². The van der Waals surface area contributed by atoms with Crippen LogP contribution < -0.4 is 0 Å². The Morgan fingerprint density at radius 1 is 1.57 bits per heavy atom. The van der Waals surface area contributed by atoms with Crippen LogP contribution in [0.5, 0.6) is 0 Å². The van der Waals surface area contributed by atoms with E-state index in [9.17, 15) is 17.2 Å². The lowest BCUT2D eigenvalue weighted by Crippen LogP contribution is -2.17. The predicted octanol–water partition coefficient (Wildman–Crippen LogP) is 1.00. The van der Waals surface area contributed by atoms with Gasteiger partial charge in [0, 0.05) is 10.7 Å². The van der Waals surface area contributed by atoms with E-state index in [-0.39, 0.29) is 10.6 Å². The lowest BCUT2D eigenvalue weighted by atomic mass is 10.2. The van der Waals surface area contributed by atoms with Crippen LogP contribution in [0.25, 0.3) is 0 Å². The molecule has 0 atom stereocenters. The maximum Gasteiger partial charge on any atom is 0.272 e. The van der Waals surface area contributed by atoms with Gasteiger partial charge in [0.15, 0.2) is 0 Å². The zero-order chi connectivity index (χ0) is 10.6. The summed E-state index contributed by atoms with van der Waals surface area (Å²) in [6.07, 6.45) is 0.362. The van der Waals surface area contributed by atoms with Crippen molar-refractivity contribution in [2.45, 2.75) is 23.8 Å². The van der Waals surface area contributed by atoms with Gasteiger partial charge in [0.1, 0.15) is 11.4 Å². The van der Waals surface area contributed by atoms with Crippen LogP contribution in [-0.4, -0.2) is 24.1 Å². The standard InChI is InChI=1S/C6H5ClF2N2O2S/c7-14(12,13)5-2-10-11-3-6(8,9)1-4(5)11/h2H,1,3H2. The van der Waals surface area contributed by atoms with Crippen molar-refractivity contribution in [1.29, 1.82) is 0 Å². The Labute approximate surface area is 82.9 Å². The molecule has 1 aromatic rings. The first-order valence-electron chi connectivity index (χ1n) is 3.67. The quantitative estimate of drug-likeness (QED) is 0.691. The van der Waals surface area contributed by atoms with Gasteiger partial charge in [-0.15, -0.1) is 0 Å². The molecule has 4 nitrogen and oxygen atoms in total. The molecule has 0 radical (unpaired) electrons. The zero-order valence-corrected chi connectivity index (χ0v) is 8.32. The molecule has 78 valence electrons. The summed E-state index contributed by atoms with van der Waals surface area (Å²) in [4.78, 5) is -0.323. The summed E-state index contributed by atoms with van der Waals surface area (Å²) in [5.74, 6) is -2.93. The molecule has 0 N–H and O–H groups in total. The van der Waals surface area contributed by atoms with Gasteiger partial charge in [-0.25, -0.2) is 17.2 Å². The van der Waals surface area contributed by atoms with Crippen molar-refractivity contribution in [2.75, 3.05) is 0 Å². The molecule has 0 saturated heterocycles. The van der Waals surface area contributed by atoms with Gasteiger partial charge in [0.2, 0.25) is 0 Å². The van der Waals surface area contributed by atoms with E-state index >= 15 is 0 Å². The van der Waals surface area contributed by atoms with Gasteiger partial charge in [0.25, 0.3) is 15.0 Å². The van der Waals surface area contributed by atoms with Gasteiger partial charge in [-0.05, 0) is 0 Å². The summed E-state index contributed by atoms with van der Waals surface area (Å²) in [6.45, 7) is -0.589. The van der Waals surface area contributed by atoms with Crippen molar-refractivity contribution in [1.82, 2.24) is 9.78 Å². The average molecular weight is 243 g/mol. The van der Waals surface area contributed by atoms with E-state index in [1.54, 1.807) is 0 Å². The SMILES string of the molecule is O=S(=O)(Cl)c1cnn2c1CC(F)(F)C2. The van der Waals surface area contributed by atoms with Gasteiger partial charge in [-0.3, -0.25) is 4.68 Å². The van der Waals surface area contributed by atoms with Crippen molar-refractivity contribution < 1.29 is 17.2 Å². The molecule has 1 aliphatic rings. The van der Waals surface area contributed by atoms with Gasteiger partial charge in [-0.1, -0.05) is 0 Å². The fraction of sp³-hybridized carbons (Fsp3) is 0.500. The normalized spacial score (nSPS) is 19.6. The summed E-state index contributed by atoms with van der Waals surface area (Å²) in [5.41, 5.74) is -0.0231. The molecule has 0 amide bonds. The minimum absolute atomic E-state index is 0.0231. The lowest BCUT2D eigenvalue weighted by molar-refractivity contribution is 0.000741. The summed E-state index contributed by atoms with van der Waals surface area (Å²) >= 11 is 0. The van der Waals surface area contributed by atoms with Crippen molar-refractivity contribution in [3.63, 3.8) is 0 Å². The highest BCUT2D eigenvalue weighted by molar-refractivity contribution is 8.13. The van der Waals surface area contributed by atoms with Gasteiger partial charge in [-0.2, -0.15) is 5.10 Å². The second-order valence-electron chi connectivity index (χ2n) is 3.08. The van der Waals surface area contributed by atoms with Crippen LogP contribution in [0, 0.1) is 0 Å². The zero-order valence-electron chi connectivity index (χ0n) is 6.74. The largest absolute Gasteiger partial charge is 0.272 e. The van der Waals surface area contributed by atoms with Crippen LogP contribution in [0.1, 0.15) is 5.69 Å². The predicted molar refractivity (Wildman–Crippen MR) is 43.9 cm³/mol. The third kappa shape index (κ3) is 1.50. The number of rotatable bonds is 1. The summed E-state index contributed by atoms with van der Waals surface area (Å²) in [5, 5.41) is 3.53. The molecule has 1 aromatic heterocycles. The number of aromatic nitrogens is 2. The minimum Gasteiger partial charge on any atom is -0.262 e. The van der Waals surface area contributed by atoms with Gasteiger partial charge < -0.3 is 0 Å². The van der Waals surface area contributed by atoms with E-state index in [0.29, 0.717) is 0 Å². The highest BCUT2D eigenvalue weighted by Crippen LogP contribution is 2.33. The fourth-order valence-electron chi connectivity index (χ4n) is 1.43. The third-order valence-electron chi connectivity index (χ3n) is 1.98. The highest BCUT2D eigenvalue weighted by atomic mass is 35.7. The first-order chi connectivity index (χ1) is 6.30. The molecule has 0 aliphatic carbocycles. The molecule has 0 unspecified atom stereocenters. The Hall–Kier alpha value is -0.690. The Bertz CT molecular complexity index is 482. The molecule has 2 rings (SSSR count). The second-order valence-corrected chi connectivity index (χ2v) is 5.62. The lowest BCUT2D eigenvalue weighted by Gasteiger charge is -2.04. The highest BCUT2D eigenvalue weighted by Gasteiger charge is 2.41. The topological polar surface area (TPSA) is 52.0 Å². The smallest absolute Gasteiger partial charge is 0.262 e. The Kier molecular flexibility index (Phi) is 1.87. The van der Waals surface area contributed by atoms with Crippen molar-refractivity contribution in [3.05, 3.63) is 11.9 Å². The van der Waals surface area contributed by atoms with Gasteiger partial charge in [0.05, 0.1) is 18.3 Å². The summed E-state index contributed by atoms with van der Waals surface area (Å²) in [7, 11) is 1.07. The fourth-order valence-corrected chi connectivity index (χ4v) is 2.45. The Balaban J connectivity index is 2.53. The summed E-state index contributed by atoms with van der Waals surface area (Å²) in [6, 6.07) is 0. The van der Waals surface area contributed by atoms with Crippen LogP contribution in [0.4, 0.5) is 8.78 Å². The molecule has 0 bridgehead atoms. The average Bonchev–Trinajstić information content (AvgIpc) is 2.38. The molecular formula is C6H5ClF2N2O2S. The molecule has 0 fully saturated rings. The van der Waals surface area contributed by atoms with Crippen molar-refractivity contribution >= 4 is 19.7 Å². The van der Waals surface area contributed by atoms with Crippen LogP contribution in [0.3, 0.4) is 0 Å². The van der Waals surface area contributed by atoms with Crippen molar-refractivity contribution in [2.24, 2.45) is 0 Å². The Morgan fingerprint density at radius 3 is 2.79 bits per heavy atom. The number of alkyl halides is 2. The van der Waals surface area contributed by atoms with Crippen molar-refractivity contribution in [3.8, 4) is 0 Å². The second kappa shape index (κ2) is 2.66. The number of fused-ring (bicyclic) bond motifs is 1. The monoisotopic (exact) mass is 242 g/mol. The number of nitrogens with zero attached hydrogens (tertiary/aromatic N) is 2. The first kappa shape index (κ1) is 9.85. The maximum absolute atomic E-state index is 12.8. The molecule has 1 aliphatic heterocycles. The number of halogens is 3. The van der Waals surface area contributed by atoms with Crippen LogP contribution in [-0.2, 0) is 22.0 Å². The molecule has 8 heteroatoms. The number of hydrogen-bond donors (Lipinski definition) is 0. The van der Waals surface area contributed by atoms with E-state index in [1.165, 1.54) is 0 Å². The van der Waals surface area contributed by atoms with E-state index in [4.69, 9.17) is 10.7 Å². The van der Waals surface area contributed by atoms with E-state index in [2.05, 4.69) is 5.10 Å². The molecule has 0 spiro atoms. The molecule has 14 heavy (non-hydrogen) atoms. The molecule has 0 saturated carbocycles. The van der Waals surface area contributed by atoms with E-state index in [0.717, 1.165) is 10.9 Å². The first-order valence-corrected chi connectivity index (χ1v) is 5.98. The third-order valence-corrected chi connectivity index (χ3v) is 3.35. The maximum atomic E-state index is 12.8.